The minimum atomic E-state index is -0.279. The number of piperidine rings is 1. The summed E-state index contributed by atoms with van der Waals surface area (Å²) >= 11 is 7.86. The molecule has 8 nitrogen and oxygen atoms in total. The summed E-state index contributed by atoms with van der Waals surface area (Å²) in [7, 11) is 0. The van der Waals surface area contributed by atoms with E-state index in [1.54, 1.807) is 11.8 Å². The number of nitrogens with one attached hydrogen (secondary N) is 1. The van der Waals surface area contributed by atoms with Crippen molar-refractivity contribution in [2.24, 2.45) is 0 Å². The second-order valence-corrected chi connectivity index (χ2v) is 9.76. The van der Waals surface area contributed by atoms with Crippen LogP contribution in [0, 0.1) is 0 Å². The van der Waals surface area contributed by atoms with Crippen LogP contribution in [0.3, 0.4) is 0 Å². The Morgan fingerprint density at radius 2 is 1.88 bits per heavy atom. The second-order valence-electron chi connectivity index (χ2n) is 8.41. The molecule has 1 aromatic carbocycles. The summed E-state index contributed by atoms with van der Waals surface area (Å²) in [6, 6.07) is 8.06. The van der Waals surface area contributed by atoms with Crippen molar-refractivity contribution in [3.05, 3.63) is 29.3 Å². The molecule has 1 aliphatic carbocycles. The molecule has 178 valence electrons. The molecule has 2 aromatic rings. The lowest BCUT2D eigenvalue weighted by atomic mass is 10.1. The molecular formula is C23H30ClN5O3S. The van der Waals surface area contributed by atoms with E-state index in [1.807, 2.05) is 24.3 Å². The number of halogens is 1. The van der Waals surface area contributed by atoms with Crippen molar-refractivity contribution in [1.29, 1.82) is 0 Å². The maximum Gasteiger partial charge on any atom is 0.409 e. The minimum absolute atomic E-state index is 0.0325. The Morgan fingerprint density at radius 3 is 2.58 bits per heavy atom. The molecule has 2 aliphatic rings. The Balaban J connectivity index is 1.37. The van der Waals surface area contributed by atoms with E-state index in [2.05, 4.69) is 20.1 Å². The average Bonchev–Trinajstić information content (AvgIpc) is 3.48. The molecule has 1 saturated carbocycles. The van der Waals surface area contributed by atoms with E-state index < -0.39 is 0 Å². The van der Waals surface area contributed by atoms with Gasteiger partial charge in [-0.25, -0.2) is 4.79 Å². The summed E-state index contributed by atoms with van der Waals surface area (Å²) in [5.41, 5.74) is 0.864. The molecule has 1 N–H and O–H groups in total. The van der Waals surface area contributed by atoms with Crippen LogP contribution in [0.25, 0.3) is 11.4 Å². The van der Waals surface area contributed by atoms with Crippen molar-refractivity contribution in [1.82, 2.24) is 25.0 Å². The maximum absolute atomic E-state index is 12.7. The summed E-state index contributed by atoms with van der Waals surface area (Å²) in [5, 5.41) is 13.4. The molecule has 0 atom stereocenters. The third-order valence-electron chi connectivity index (χ3n) is 6.19. The number of rotatable bonds is 7. The summed E-state index contributed by atoms with van der Waals surface area (Å²) in [6.45, 7) is 3.35. The van der Waals surface area contributed by atoms with Gasteiger partial charge >= 0.3 is 6.09 Å². The molecule has 1 saturated heterocycles. The van der Waals surface area contributed by atoms with Gasteiger partial charge in [0.2, 0.25) is 5.91 Å². The lowest BCUT2D eigenvalue weighted by Gasteiger charge is -2.31. The predicted molar refractivity (Wildman–Crippen MR) is 128 cm³/mol. The van der Waals surface area contributed by atoms with Crippen molar-refractivity contribution in [3.63, 3.8) is 0 Å². The Bertz CT molecular complexity index is 971. The van der Waals surface area contributed by atoms with E-state index >= 15 is 0 Å². The molecule has 0 unspecified atom stereocenters. The molecule has 4 rings (SSSR count). The van der Waals surface area contributed by atoms with Crippen LogP contribution >= 0.6 is 23.4 Å². The van der Waals surface area contributed by atoms with Gasteiger partial charge in [0.05, 0.1) is 17.4 Å². The average molecular weight is 492 g/mol. The van der Waals surface area contributed by atoms with Gasteiger partial charge in [0.15, 0.2) is 11.0 Å². The van der Waals surface area contributed by atoms with Gasteiger partial charge in [-0.15, -0.1) is 10.2 Å². The van der Waals surface area contributed by atoms with Crippen LogP contribution in [0.15, 0.2) is 29.4 Å². The van der Waals surface area contributed by atoms with Crippen molar-refractivity contribution in [2.45, 2.75) is 62.7 Å². The van der Waals surface area contributed by atoms with Crippen molar-refractivity contribution < 1.29 is 14.3 Å². The van der Waals surface area contributed by atoms with Crippen LogP contribution in [-0.4, -0.2) is 63.2 Å². The monoisotopic (exact) mass is 491 g/mol. The van der Waals surface area contributed by atoms with Gasteiger partial charge in [-0.05, 0) is 44.7 Å². The highest BCUT2D eigenvalue weighted by Gasteiger charge is 2.27. The number of hydrogen-bond donors (Lipinski definition) is 1. The Morgan fingerprint density at radius 1 is 1.15 bits per heavy atom. The van der Waals surface area contributed by atoms with Crippen molar-refractivity contribution in [3.8, 4) is 11.4 Å². The highest BCUT2D eigenvalue weighted by Crippen LogP contribution is 2.38. The third-order valence-corrected chi connectivity index (χ3v) is 7.46. The first-order valence-electron chi connectivity index (χ1n) is 11.6. The second kappa shape index (κ2) is 11.2. The van der Waals surface area contributed by atoms with Gasteiger partial charge < -0.3 is 15.0 Å². The Kier molecular flexibility index (Phi) is 8.14. The van der Waals surface area contributed by atoms with E-state index in [4.69, 9.17) is 16.3 Å². The molecule has 0 radical (unpaired) electrons. The van der Waals surface area contributed by atoms with Crippen molar-refractivity contribution >= 4 is 35.4 Å². The number of hydrogen-bond acceptors (Lipinski definition) is 6. The topological polar surface area (TPSA) is 89.3 Å². The molecule has 0 bridgehead atoms. The van der Waals surface area contributed by atoms with Crippen LogP contribution in [0.1, 0.15) is 51.5 Å². The third kappa shape index (κ3) is 5.81. The molecule has 2 amide bonds. The maximum atomic E-state index is 12.7. The highest BCUT2D eigenvalue weighted by molar-refractivity contribution is 7.99. The number of carbonyl (C=O) groups is 2. The van der Waals surface area contributed by atoms with E-state index in [9.17, 15) is 9.59 Å². The van der Waals surface area contributed by atoms with Crippen LogP contribution in [0.5, 0.6) is 0 Å². The van der Waals surface area contributed by atoms with Gasteiger partial charge in [-0.3, -0.25) is 9.36 Å². The summed E-state index contributed by atoms with van der Waals surface area (Å²) in [6.07, 6.45) is 5.69. The molecule has 2 heterocycles. The lowest BCUT2D eigenvalue weighted by molar-refractivity contribution is -0.119. The molecule has 2 fully saturated rings. The Hall–Kier alpha value is -2.26. The molecule has 0 spiro atoms. The minimum Gasteiger partial charge on any atom is -0.450 e. The Labute approximate surface area is 203 Å². The van der Waals surface area contributed by atoms with Gasteiger partial charge in [0.1, 0.15) is 0 Å². The molecule has 1 aromatic heterocycles. The van der Waals surface area contributed by atoms with Crippen LogP contribution in [0.2, 0.25) is 5.02 Å². The highest BCUT2D eigenvalue weighted by atomic mass is 35.5. The zero-order valence-corrected chi connectivity index (χ0v) is 20.4. The van der Waals surface area contributed by atoms with Crippen LogP contribution in [-0.2, 0) is 9.53 Å². The zero-order chi connectivity index (χ0) is 23.2. The number of likely N-dealkylation sites (tertiary alicyclic amines) is 1. The molecule has 10 heteroatoms. The van der Waals surface area contributed by atoms with E-state index in [-0.39, 0.29) is 23.8 Å². The first kappa shape index (κ1) is 23.9. The number of ether oxygens (including phenoxy) is 1. The van der Waals surface area contributed by atoms with E-state index in [1.165, 1.54) is 24.6 Å². The van der Waals surface area contributed by atoms with Crippen molar-refractivity contribution in [2.75, 3.05) is 25.4 Å². The van der Waals surface area contributed by atoms with E-state index in [0.29, 0.717) is 30.8 Å². The van der Waals surface area contributed by atoms with Crippen LogP contribution in [0.4, 0.5) is 4.79 Å². The summed E-state index contributed by atoms with van der Waals surface area (Å²) in [4.78, 5) is 26.2. The molecular weight excluding hydrogens is 462 g/mol. The van der Waals surface area contributed by atoms with Gasteiger partial charge in [-0.2, -0.15) is 0 Å². The van der Waals surface area contributed by atoms with Gasteiger partial charge in [0, 0.05) is 30.7 Å². The largest absolute Gasteiger partial charge is 0.450 e. The number of amides is 2. The van der Waals surface area contributed by atoms with Gasteiger partial charge in [-0.1, -0.05) is 48.3 Å². The normalized spacial score (nSPS) is 17.3. The van der Waals surface area contributed by atoms with Crippen LogP contribution < -0.4 is 5.32 Å². The SMILES string of the molecule is CCOC(=O)N1CCC(NC(=O)CSc2nnc(-c3ccccc3Cl)n2C2CCCC2)CC1. The number of nitrogens with zero attached hydrogens (tertiary/aromatic N) is 4. The number of carbonyl (C=O) groups excluding carboxylic acids is 2. The first-order chi connectivity index (χ1) is 16.1. The fourth-order valence-corrected chi connectivity index (χ4v) is 5.55. The smallest absolute Gasteiger partial charge is 0.409 e. The molecule has 1 aliphatic heterocycles. The lowest BCUT2D eigenvalue weighted by Crippen LogP contribution is -2.47. The fourth-order valence-electron chi connectivity index (χ4n) is 4.51. The summed E-state index contributed by atoms with van der Waals surface area (Å²) in [5.74, 6) is 1.00. The number of aromatic nitrogens is 3. The van der Waals surface area contributed by atoms with E-state index in [0.717, 1.165) is 42.2 Å². The number of benzene rings is 1. The predicted octanol–water partition coefficient (Wildman–Crippen LogP) is 4.54. The van der Waals surface area contributed by atoms with Gasteiger partial charge in [0.25, 0.3) is 0 Å². The number of thioether (sulfide) groups is 1. The standard InChI is InChI=1S/C23H30ClN5O3S/c1-2-32-23(31)28-13-11-16(12-14-28)25-20(30)15-33-22-27-26-21(18-9-5-6-10-19(18)24)29(22)17-7-3-4-8-17/h5-6,9-10,16-17H,2-4,7-8,11-15H2,1H3,(H,25,30). The fraction of sp³-hybridized carbons (Fsp3) is 0.565. The first-order valence-corrected chi connectivity index (χ1v) is 13.0. The molecule has 33 heavy (non-hydrogen) atoms. The quantitative estimate of drug-likeness (QED) is 0.572. The summed E-state index contributed by atoms with van der Waals surface area (Å²) < 4.78 is 7.22. The zero-order valence-electron chi connectivity index (χ0n) is 18.8.